The Morgan fingerprint density at radius 3 is 2.31 bits per heavy atom. The first-order valence-corrected chi connectivity index (χ1v) is 12.8. The first kappa shape index (κ1) is 25.3. The number of hydrogen-bond donors (Lipinski definition) is 2. The Morgan fingerprint density at radius 1 is 1.03 bits per heavy atom. The maximum absolute atomic E-state index is 13.6. The summed E-state index contributed by atoms with van der Waals surface area (Å²) in [4.78, 5) is 30.7. The molecule has 1 saturated heterocycles. The summed E-state index contributed by atoms with van der Waals surface area (Å²) in [6.45, 7) is -0.00677. The molecule has 0 spiro atoms. The van der Waals surface area contributed by atoms with Crippen molar-refractivity contribution in [3.8, 4) is 11.5 Å². The third-order valence-electron chi connectivity index (χ3n) is 6.18. The van der Waals surface area contributed by atoms with Gasteiger partial charge in [0.05, 0.1) is 12.2 Å². The van der Waals surface area contributed by atoms with E-state index < -0.39 is 38.6 Å². The van der Waals surface area contributed by atoms with E-state index in [1.165, 1.54) is 53.0 Å². The van der Waals surface area contributed by atoms with Gasteiger partial charge in [-0.15, -0.1) is 0 Å². The number of rotatable bonds is 6. The third kappa shape index (κ3) is 5.21. The van der Waals surface area contributed by atoms with Gasteiger partial charge in [0.1, 0.15) is 27.8 Å². The number of carbonyl (C=O) groups is 2. The number of ether oxygens (including phenoxy) is 1. The molecular formula is C25H24FN3O6S. The highest BCUT2D eigenvalue weighted by atomic mass is 32.2. The van der Waals surface area contributed by atoms with Crippen LogP contribution in [0.2, 0.25) is 0 Å². The van der Waals surface area contributed by atoms with E-state index in [2.05, 4.69) is 4.98 Å². The van der Waals surface area contributed by atoms with Gasteiger partial charge in [-0.1, -0.05) is 18.2 Å². The number of hydrogen-bond acceptors (Lipinski definition) is 7. The largest absolute Gasteiger partial charge is 0.457 e. The average Bonchev–Trinajstić information content (AvgIpc) is 3.02. The molecule has 3 aromatic rings. The maximum atomic E-state index is 13.6. The second-order valence-corrected chi connectivity index (χ2v) is 10.8. The van der Waals surface area contributed by atoms with Gasteiger partial charge in [0, 0.05) is 19.3 Å². The van der Waals surface area contributed by atoms with Gasteiger partial charge in [-0.05, 0) is 60.5 Å². The fraction of sp³-hybridized carbons (Fsp3) is 0.240. The van der Waals surface area contributed by atoms with E-state index in [4.69, 9.17) is 4.74 Å². The molecule has 0 radical (unpaired) electrons. The van der Waals surface area contributed by atoms with Gasteiger partial charge in [0.15, 0.2) is 9.84 Å². The number of nitrogens with zero attached hydrogens (tertiary/aromatic N) is 2. The lowest BCUT2D eigenvalue weighted by atomic mass is 9.90. The maximum Gasteiger partial charge on any atom is 0.272 e. The summed E-state index contributed by atoms with van der Waals surface area (Å²) in [6, 6.07) is 16.5. The van der Waals surface area contributed by atoms with Crippen LogP contribution in [0.15, 0.2) is 72.9 Å². The van der Waals surface area contributed by atoms with Crippen molar-refractivity contribution in [3.63, 3.8) is 0 Å². The first-order chi connectivity index (χ1) is 17.2. The van der Waals surface area contributed by atoms with Gasteiger partial charge in [-0.2, -0.15) is 0 Å². The fourth-order valence-electron chi connectivity index (χ4n) is 4.25. The third-order valence-corrected chi connectivity index (χ3v) is 8.68. The molecule has 188 valence electrons. The smallest absolute Gasteiger partial charge is 0.272 e. The Balaban J connectivity index is 1.65. The molecule has 2 N–H and O–H groups in total. The van der Waals surface area contributed by atoms with E-state index in [0.717, 1.165) is 0 Å². The van der Waals surface area contributed by atoms with Crippen molar-refractivity contribution in [2.75, 3.05) is 18.8 Å². The van der Waals surface area contributed by atoms with Gasteiger partial charge < -0.3 is 9.64 Å². The van der Waals surface area contributed by atoms with Crippen molar-refractivity contribution < 1.29 is 32.3 Å². The van der Waals surface area contributed by atoms with Crippen molar-refractivity contribution in [2.24, 2.45) is 0 Å². The molecule has 4 rings (SSSR count). The molecule has 2 amide bonds. The number of sulfone groups is 1. The zero-order chi connectivity index (χ0) is 25.8. The molecule has 1 fully saturated rings. The molecule has 1 aromatic heterocycles. The number of pyridine rings is 1. The number of amides is 2. The summed E-state index contributed by atoms with van der Waals surface area (Å²) < 4.78 is 44.4. The average molecular weight is 514 g/mol. The minimum absolute atomic E-state index is 0.0567. The highest BCUT2D eigenvalue weighted by Gasteiger charge is 2.49. The molecule has 2 heterocycles. The molecule has 0 aliphatic carbocycles. The van der Waals surface area contributed by atoms with Crippen molar-refractivity contribution >= 4 is 21.7 Å². The van der Waals surface area contributed by atoms with Crippen molar-refractivity contribution in [1.29, 1.82) is 0 Å². The van der Waals surface area contributed by atoms with Gasteiger partial charge in [-0.25, -0.2) is 18.3 Å². The van der Waals surface area contributed by atoms with Gasteiger partial charge in [0.2, 0.25) is 5.91 Å². The van der Waals surface area contributed by atoms with Crippen LogP contribution in [0.25, 0.3) is 0 Å². The molecule has 1 atom stereocenters. The standard InChI is InChI=1S/C25H24FN3O6S/c26-19-6-10-21(11-7-19)35-20-8-4-18(5-9-20)25(17-23(30)28-32)12-14-29(15-16-36(25,33)34)24(31)22-3-1-2-13-27-22/h1-11,13,32H,12,14-17H2,(H,28,30). The zero-order valence-electron chi connectivity index (χ0n) is 19.1. The van der Waals surface area contributed by atoms with E-state index in [9.17, 15) is 27.6 Å². The van der Waals surface area contributed by atoms with Gasteiger partial charge in [0.25, 0.3) is 5.91 Å². The van der Waals surface area contributed by atoms with Crippen LogP contribution in [0.5, 0.6) is 11.5 Å². The number of hydroxylamine groups is 1. The Kier molecular flexibility index (Phi) is 7.32. The van der Waals surface area contributed by atoms with Crippen LogP contribution in [-0.2, 0) is 19.4 Å². The molecule has 1 aliphatic heterocycles. The van der Waals surface area contributed by atoms with Crippen LogP contribution < -0.4 is 10.2 Å². The van der Waals surface area contributed by atoms with Crippen LogP contribution in [0.4, 0.5) is 4.39 Å². The second kappa shape index (κ2) is 10.4. The van der Waals surface area contributed by atoms with Crippen molar-refractivity contribution in [3.05, 3.63) is 90.0 Å². The molecular weight excluding hydrogens is 489 g/mol. The summed E-state index contributed by atoms with van der Waals surface area (Å²) in [7, 11) is -3.97. The van der Waals surface area contributed by atoms with E-state index in [-0.39, 0.29) is 31.0 Å². The van der Waals surface area contributed by atoms with Crippen LogP contribution in [-0.4, -0.2) is 54.2 Å². The highest BCUT2D eigenvalue weighted by molar-refractivity contribution is 7.92. The summed E-state index contributed by atoms with van der Waals surface area (Å²) in [5.41, 5.74) is 2.04. The second-order valence-electron chi connectivity index (χ2n) is 8.36. The normalized spacial score (nSPS) is 19.2. The van der Waals surface area contributed by atoms with Crippen LogP contribution in [0.1, 0.15) is 28.9 Å². The molecule has 11 heteroatoms. The Bertz CT molecular complexity index is 1330. The van der Waals surface area contributed by atoms with Crippen LogP contribution >= 0.6 is 0 Å². The first-order valence-electron chi connectivity index (χ1n) is 11.1. The van der Waals surface area contributed by atoms with Gasteiger partial charge >= 0.3 is 0 Å². The lowest BCUT2D eigenvalue weighted by molar-refractivity contribution is -0.130. The molecule has 2 aromatic carbocycles. The van der Waals surface area contributed by atoms with E-state index >= 15 is 0 Å². The molecule has 36 heavy (non-hydrogen) atoms. The van der Waals surface area contributed by atoms with Gasteiger partial charge in [-0.3, -0.25) is 19.8 Å². The quantitative estimate of drug-likeness (QED) is 0.383. The minimum Gasteiger partial charge on any atom is -0.457 e. The predicted octanol–water partition coefficient (Wildman–Crippen LogP) is 3.06. The van der Waals surface area contributed by atoms with E-state index in [1.54, 1.807) is 30.3 Å². The van der Waals surface area contributed by atoms with Crippen LogP contribution in [0, 0.1) is 5.82 Å². The highest BCUT2D eigenvalue weighted by Crippen LogP contribution is 2.41. The molecule has 0 bridgehead atoms. The molecule has 0 saturated carbocycles. The van der Waals surface area contributed by atoms with E-state index in [0.29, 0.717) is 17.1 Å². The Labute approximate surface area is 207 Å². The minimum atomic E-state index is -3.97. The fourth-order valence-corrected chi connectivity index (χ4v) is 6.35. The number of carbonyl (C=O) groups excluding carboxylic acids is 2. The lowest BCUT2D eigenvalue weighted by Crippen LogP contribution is -2.42. The molecule has 1 unspecified atom stereocenters. The molecule has 1 aliphatic rings. The van der Waals surface area contributed by atoms with Crippen molar-refractivity contribution in [2.45, 2.75) is 17.6 Å². The number of benzene rings is 2. The predicted molar refractivity (Wildman–Crippen MR) is 128 cm³/mol. The van der Waals surface area contributed by atoms with Crippen molar-refractivity contribution in [1.82, 2.24) is 15.4 Å². The summed E-state index contributed by atoms with van der Waals surface area (Å²) in [5, 5.41) is 9.17. The van der Waals surface area contributed by atoms with Crippen LogP contribution in [0.3, 0.4) is 0 Å². The summed E-state index contributed by atoms with van der Waals surface area (Å²) in [5.74, 6) is -1.28. The Morgan fingerprint density at radius 2 is 1.69 bits per heavy atom. The molecule has 9 nitrogen and oxygen atoms in total. The Hall–Kier alpha value is -3.83. The zero-order valence-corrected chi connectivity index (χ0v) is 19.9. The van der Waals surface area contributed by atoms with E-state index in [1.807, 2.05) is 0 Å². The summed E-state index contributed by atoms with van der Waals surface area (Å²) in [6.07, 6.45) is 0.877. The monoisotopic (exact) mass is 513 g/mol. The topological polar surface area (TPSA) is 126 Å². The number of halogens is 1. The summed E-state index contributed by atoms with van der Waals surface area (Å²) >= 11 is 0. The number of aromatic nitrogens is 1. The lowest BCUT2D eigenvalue weighted by Gasteiger charge is -2.32. The number of nitrogens with one attached hydrogen (secondary N) is 1. The SMILES string of the molecule is O=C(CC1(c2ccc(Oc3ccc(F)cc3)cc2)CCN(C(=O)c2ccccn2)CCS1(=O)=O)NO.